The summed E-state index contributed by atoms with van der Waals surface area (Å²) in [7, 11) is 0. The molecule has 2 heterocycles. The van der Waals surface area contributed by atoms with Crippen molar-refractivity contribution < 1.29 is 28.2 Å². The van der Waals surface area contributed by atoms with Gasteiger partial charge in [-0.2, -0.15) is 5.10 Å². The smallest absolute Gasteiger partial charge is 0.404 e. The Morgan fingerprint density at radius 2 is 1.80 bits per heavy atom. The van der Waals surface area contributed by atoms with Crippen LogP contribution in [0.2, 0.25) is 0 Å². The fourth-order valence-corrected chi connectivity index (χ4v) is 5.17. The largest absolute Gasteiger partial charge is 0.492 e. The third-order valence-corrected chi connectivity index (χ3v) is 6.97. The van der Waals surface area contributed by atoms with Gasteiger partial charge in [-0.25, -0.2) is 18.3 Å². The van der Waals surface area contributed by atoms with E-state index in [2.05, 4.69) is 10.4 Å². The molecule has 0 radical (unpaired) electrons. The monoisotopic (exact) mass is 547 g/mol. The number of allylic oxidation sites excluding steroid dienone is 1. The highest BCUT2D eigenvalue weighted by atomic mass is 19.1. The molecular formula is C31H31F2N3O4. The van der Waals surface area contributed by atoms with Crippen LogP contribution in [0.25, 0.3) is 22.0 Å². The highest BCUT2D eigenvalue weighted by molar-refractivity contribution is 6.00. The van der Waals surface area contributed by atoms with Crippen molar-refractivity contribution in [1.82, 2.24) is 15.1 Å². The molecule has 1 fully saturated rings. The van der Waals surface area contributed by atoms with Crippen molar-refractivity contribution in [2.45, 2.75) is 38.8 Å². The molecule has 208 valence electrons. The Kier molecular flexibility index (Phi) is 8.40. The fraction of sp³-hybridized carbons (Fsp3) is 0.290. The maximum Gasteiger partial charge on any atom is 0.404 e. The molecule has 7 nitrogen and oxygen atoms in total. The topological polar surface area (TPSA) is 85.6 Å². The molecule has 3 aromatic carbocycles. The second-order valence-electron chi connectivity index (χ2n) is 9.65. The first kappa shape index (κ1) is 27.3. The lowest BCUT2D eigenvalue weighted by atomic mass is 9.87. The minimum atomic E-state index is -1.11. The zero-order chi connectivity index (χ0) is 28.1. The van der Waals surface area contributed by atoms with Crippen LogP contribution in [0, 0.1) is 11.6 Å². The lowest BCUT2D eigenvalue weighted by Gasteiger charge is -2.23. The molecule has 1 saturated heterocycles. The number of benzene rings is 3. The van der Waals surface area contributed by atoms with Gasteiger partial charge in [-0.1, -0.05) is 25.1 Å². The Bertz CT molecular complexity index is 1510. The van der Waals surface area contributed by atoms with Crippen LogP contribution < -0.4 is 10.1 Å². The molecule has 1 unspecified atom stereocenters. The summed E-state index contributed by atoms with van der Waals surface area (Å²) in [5, 5.41) is 16.5. The molecule has 0 bridgehead atoms. The summed E-state index contributed by atoms with van der Waals surface area (Å²) in [6.07, 6.45) is 4.22. The van der Waals surface area contributed by atoms with Gasteiger partial charge in [-0.15, -0.1) is 0 Å². The van der Waals surface area contributed by atoms with Crippen LogP contribution in [0.15, 0.2) is 66.9 Å². The van der Waals surface area contributed by atoms with Gasteiger partial charge in [0.1, 0.15) is 24.0 Å². The molecule has 0 spiro atoms. The van der Waals surface area contributed by atoms with Gasteiger partial charge in [0.25, 0.3) is 0 Å². The Morgan fingerprint density at radius 1 is 1.05 bits per heavy atom. The molecule has 0 aliphatic carbocycles. The number of hydrogen-bond donors (Lipinski definition) is 2. The quantitative estimate of drug-likeness (QED) is 0.174. The Balaban J connectivity index is 1.56. The first-order valence-electron chi connectivity index (χ1n) is 13.4. The van der Waals surface area contributed by atoms with Crippen molar-refractivity contribution in [3.05, 3.63) is 95.2 Å². The van der Waals surface area contributed by atoms with Crippen LogP contribution in [-0.2, 0) is 4.74 Å². The number of halogens is 2. The summed E-state index contributed by atoms with van der Waals surface area (Å²) < 4.78 is 42.1. The van der Waals surface area contributed by atoms with E-state index in [0.717, 1.165) is 65.1 Å². The number of amides is 1. The van der Waals surface area contributed by atoms with Crippen LogP contribution in [0.4, 0.5) is 13.6 Å². The van der Waals surface area contributed by atoms with Crippen molar-refractivity contribution in [2.24, 2.45) is 0 Å². The zero-order valence-corrected chi connectivity index (χ0v) is 22.2. The van der Waals surface area contributed by atoms with Crippen LogP contribution in [-0.4, -0.2) is 40.7 Å². The van der Waals surface area contributed by atoms with E-state index in [4.69, 9.17) is 14.6 Å². The molecule has 0 saturated carbocycles. The van der Waals surface area contributed by atoms with Crippen molar-refractivity contribution in [1.29, 1.82) is 0 Å². The molecule has 2 N–H and O–H groups in total. The van der Waals surface area contributed by atoms with Crippen LogP contribution in [0.5, 0.6) is 5.75 Å². The SMILES string of the molecule is CCC(=C(c1ccc(OCCNC(=O)O)cc1)c1ccc2c(cnn2C2CCCCO2)c1)c1cc(F)cc(F)c1. The minimum absolute atomic E-state index is 0.0909. The number of aromatic nitrogens is 2. The van der Waals surface area contributed by atoms with Gasteiger partial charge >= 0.3 is 6.09 Å². The molecule has 1 aromatic heterocycles. The van der Waals surface area contributed by atoms with E-state index in [-0.39, 0.29) is 19.4 Å². The fourth-order valence-electron chi connectivity index (χ4n) is 5.17. The summed E-state index contributed by atoms with van der Waals surface area (Å²) in [4.78, 5) is 10.6. The van der Waals surface area contributed by atoms with E-state index in [9.17, 15) is 13.6 Å². The van der Waals surface area contributed by atoms with Crippen molar-refractivity contribution in [2.75, 3.05) is 19.8 Å². The van der Waals surface area contributed by atoms with Crippen LogP contribution in [0.3, 0.4) is 0 Å². The van der Waals surface area contributed by atoms with Gasteiger partial charge in [-0.3, -0.25) is 0 Å². The summed E-state index contributed by atoms with van der Waals surface area (Å²) in [5.74, 6) is -0.694. The summed E-state index contributed by atoms with van der Waals surface area (Å²) in [6.45, 7) is 3.02. The highest BCUT2D eigenvalue weighted by Crippen LogP contribution is 2.37. The highest BCUT2D eigenvalue weighted by Gasteiger charge is 2.20. The average molecular weight is 548 g/mol. The lowest BCUT2D eigenvalue weighted by molar-refractivity contribution is -0.0366. The molecule has 5 rings (SSSR count). The zero-order valence-electron chi connectivity index (χ0n) is 22.2. The summed E-state index contributed by atoms with van der Waals surface area (Å²) in [5.41, 5.74) is 4.80. The standard InChI is InChI=1S/C31H31F2N3O4/c1-2-27(22-16-24(32)18-25(33)17-22)30(20-6-9-26(10-7-20)39-14-12-34-31(37)38)21-8-11-28-23(15-21)19-35-36(28)29-5-3-4-13-40-29/h6-11,15-19,29,34H,2-5,12-14H2,1H3,(H,37,38). The third kappa shape index (κ3) is 6.15. The minimum Gasteiger partial charge on any atom is -0.492 e. The van der Waals surface area contributed by atoms with Gasteiger partial charge < -0.3 is 19.9 Å². The van der Waals surface area contributed by atoms with E-state index in [1.807, 2.05) is 48.1 Å². The second-order valence-corrected chi connectivity index (χ2v) is 9.65. The van der Waals surface area contributed by atoms with Gasteiger partial charge in [-0.05, 0) is 89.9 Å². The number of ether oxygens (including phenoxy) is 2. The molecule has 4 aromatic rings. The Labute approximate surface area is 231 Å². The molecule has 1 aliphatic rings. The Morgan fingerprint density at radius 3 is 2.48 bits per heavy atom. The van der Waals surface area contributed by atoms with Crippen molar-refractivity contribution in [3.8, 4) is 5.75 Å². The maximum atomic E-state index is 14.3. The summed E-state index contributed by atoms with van der Waals surface area (Å²) >= 11 is 0. The van der Waals surface area contributed by atoms with Crippen LogP contribution in [0.1, 0.15) is 55.5 Å². The molecule has 40 heavy (non-hydrogen) atoms. The van der Waals surface area contributed by atoms with E-state index in [0.29, 0.717) is 17.7 Å². The van der Waals surface area contributed by atoms with Gasteiger partial charge in [0.15, 0.2) is 6.23 Å². The number of carboxylic acid groups (broad SMARTS) is 1. The normalized spacial score (nSPS) is 16.0. The van der Waals surface area contributed by atoms with Crippen molar-refractivity contribution >= 4 is 28.1 Å². The van der Waals surface area contributed by atoms with Crippen LogP contribution >= 0.6 is 0 Å². The number of nitrogens with zero attached hydrogens (tertiary/aromatic N) is 2. The first-order valence-corrected chi connectivity index (χ1v) is 13.4. The Hall–Kier alpha value is -4.24. The summed E-state index contributed by atoms with van der Waals surface area (Å²) in [6, 6.07) is 17.0. The first-order chi connectivity index (χ1) is 19.4. The van der Waals surface area contributed by atoms with Gasteiger partial charge in [0.05, 0.1) is 18.3 Å². The van der Waals surface area contributed by atoms with Gasteiger partial charge in [0, 0.05) is 18.1 Å². The molecule has 9 heteroatoms. The third-order valence-electron chi connectivity index (χ3n) is 6.97. The molecule has 1 atom stereocenters. The second kappa shape index (κ2) is 12.3. The van der Waals surface area contributed by atoms with Gasteiger partial charge in [0.2, 0.25) is 0 Å². The molecular weight excluding hydrogens is 516 g/mol. The average Bonchev–Trinajstić information content (AvgIpc) is 3.37. The number of rotatable bonds is 9. The van der Waals surface area contributed by atoms with E-state index < -0.39 is 17.7 Å². The number of fused-ring (bicyclic) bond motifs is 1. The predicted molar refractivity (Wildman–Crippen MR) is 149 cm³/mol. The van der Waals surface area contributed by atoms with E-state index in [1.165, 1.54) is 12.1 Å². The number of hydrogen-bond acceptors (Lipinski definition) is 4. The molecule has 1 amide bonds. The predicted octanol–water partition coefficient (Wildman–Crippen LogP) is 7.03. The number of carbonyl (C=O) groups is 1. The van der Waals surface area contributed by atoms with E-state index >= 15 is 0 Å². The molecule has 1 aliphatic heterocycles. The van der Waals surface area contributed by atoms with E-state index in [1.54, 1.807) is 12.1 Å². The lowest BCUT2D eigenvalue weighted by Crippen LogP contribution is -2.26. The number of nitrogens with one attached hydrogen (secondary N) is 1. The maximum absolute atomic E-state index is 14.3. The van der Waals surface area contributed by atoms with Crippen molar-refractivity contribution in [3.63, 3.8) is 0 Å².